The van der Waals surface area contributed by atoms with Gasteiger partial charge in [0.05, 0.1) is 18.6 Å². The van der Waals surface area contributed by atoms with E-state index in [1.54, 1.807) is 38.1 Å². The Kier molecular flexibility index (Phi) is 4.68. The van der Waals surface area contributed by atoms with E-state index in [9.17, 15) is 14.4 Å². The summed E-state index contributed by atoms with van der Waals surface area (Å²) in [6, 6.07) is 5.94. The Hall–Kier alpha value is -2.83. The summed E-state index contributed by atoms with van der Waals surface area (Å²) >= 11 is 0. The van der Waals surface area contributed by atoms with E-state index in [4.69, 9.17) is 15.6 Å². The van der Waals surface area contributed by atoms with Crippen molar-refractivity contribution in [3.05, 3.63) is 50.3 Å². The highest BCUT2D eigenvalue weighted by molar-refractivity contribution is 5.70. The first kappa shape index (κ1) is 16.5. The number of anilines is 2. The number of hydrogen-bond acceptors (Lipinski definition) is 6. The Bertz CT molecular complexity index is 773. The van der Waals surface area contributed by atoms with Crippen LogP contribution in [0.3, 0.4) is 0 Å². The molecular weight excluding hydrogens is 300 g/mol. The highest BCUT2D eigenvalue weighted by Gasteiger charge is 2.27. The second-order valence-electron chi connectivity index (χ2n) is 5.49. The van der Waals surface area contributed by atoms with Crippen molar-refractivity contribution in [1.82, 2.24) is 0 Å². The number of hydrogen-bond donors (Lipinski definition) is 3. The maximum Gasteiger partial charge on any atom is 0.305 e. The van der Waals surface area contributed by atoms with Crippen molar-refractivity contribution >= 4 is 17.3 Å². The van der Waals surface area contributed by atoms with Gasteiger partial charge in [0.25, 0.3) is 10.9 Å². The largest absolute Gasteiger partial charge is 0.485 e. The molecule has 0 aromatic heterocycles. The van der Waals surface area contributed by atoms with E-state index in [0.717, 1.165) is 0 Å². The maximum absolute atomic E-state index is 11.7. The van der Waals surface area contributed by atoms with Gasteiger partial charge in [0, 0.05) is 5.69 Å². The van der Waals surface area contributed by atoms with Gasteiger partial charge < -0.3 is 20.9 Å². The van der Waals surface area contributed by atoms with Gasteiger partial charge in [0.2, 0.25) is 0 Å². The van der Waals surface area contributed by atoms with Gasteiger partial charge in [-0.1, -0.05) is 12.1 Å². The third-order valence-corrected chi connectivity index (χ3v) is 3.26. The standard InChI is InChI=1S/C16H18N2O5/c1-8(2)23-16-13(14(21)15(16)22)18-11(7-12(19)20)9-3-5-10(17)6-4-9/h3-6,8,11,18H,7,17H2,1-2H3,(H,19,20)/t11-/m0/s1. The van der Waals surface area contributed by atoms with Crippen LogP contribution in [0.15, 0.2) is 33.9 Å². The zero-order valence-electron chi connectivity index (χ0n) is 12.8. The van der Waals surface area contributed by atoms with E-state index in [-0.39, 0.29) is 24.0 Å². The molecule has 2 aromatic carbocycles. The minimum absolute atomic E-state index is 0.0202. The van der Waals surface area contributed by atoms with Crippen molar-refractivity contribution < 1.29 is 14.6 Å². The molecule has 2 rings (SSSR count). The number of nitrogens with one attached hydrogen (secondary N) is 1. The lowest BCUT2D eigenvalue weighted by molar-refractivity contribution is -0.137. The predicted molar refractivity (Wildman–Crippen MR) is 86.6 cm³/mol. The van der Waals surface area contributed by atoms with Crippen LogP contribution in [0, 0.1) is 0 Å². The first-order valence-electron chi connectivity index (χ1n) is 7.13. The second kappa shape index (κ2) is 6.51. The molecule has 0 unspecified atom stereocenters. The van der Waals surface area contributed by atoms with Gasteiger partial charge in [-0.05, 0) is 31.5 Å². The molecule has 7 heteroatoms. The van der Waals surface area contributed by atoms with E-state index in [2.05, 4.69) is 5.32 Å². The van der Waals surface area contributed by atoms with Gasteiger partial charge in [-0.2, -0.15) is 0 Å². The predicted octanol–water partition coefficient (Wildman–Crippen LogP) is 1.28. The molecule has 0 saturated carbocycles. The van der Waals surface area contributed by atoms with E-state index in [1.807, 2.05) is 0 Å². The smallest absolute Gasteiger partial charge is 0.305 e. The molecule has 0 spiro atoms. The molecule has 0 heterocycles. The first-order valence-corrected chi connectivity index (χ1v) is 7.13. The van der Waals surface area contributed by atoms with Crippen molar-refractivity contribution in [1.29, 1.82) is 0 Å². The molecule has 0 radical (unpaired) electrons. The van der Waals surface area contributed by atoms with Crippen LogP contribution in [0.25, 0.3) is 0 Å². The SMILES string of the molecule is CC(C)Oc1c(N[C@@H](CC(=O)O)c2ccc(N)cc2)c(=O)c1=O. The third-order valence-electron chi connectivity index (χ3n) is 3.26. The van der Waals surface area contributed by atoms with Crippen molar-refractivity contribution in [2.45, 2.75) is 32.4 Å². The van der Waals surface area contributed by atoms with Gasteiger partial charge in [-0.3, -0.25) is 14.4 Å². The van der Waals surface area contributed by atoms with E-state index >= 15 is 0 Å². The molecule has 1 atom stereocenters. The number of carbonyl (C=O) groups is 1. The van der Waals surface area contributed by atoms with E-state index in [0.29, 0.717) is 11.3 Å². The number of rotatable bonds is 7. The van der Waals surface area contributed by atoms with Crippen LogP contribution in [0.5, 0.6) is 5.75 Å². The summed E-state index contributed by atoms with van der Waals surface area (Å²) in [5, 5.41) is 11.9. The molecule has 0 fully saturated rings. The number of benzene rings is 1. The summed E-state index contributed by atoms with van der Waals surface area (Å²) in [7, 11) is 0. The lowest BCUT2D eigenvalue weighted by Gasteiger charge is -2.22. The van der Waals surface area contributed by atoms with Crippen LogP contribution in [0.4, 0.5) is 11.4 Å². The molecular formula is C16H18N2O5. The fraction of sp³-hybridized carbons (Fsp3) is 0.312. The van der Waals surface area contributed by atoms with Gasteiger partial charge in [-0.25, -0.2) is 0 Å². The van der Waals surface area contributed by atoms with Crippen LogP contribution < -0.4 is 26.6 Å². The average molecular weight is 318 g/mol. The van der Waals surface area contributed by atoms with E-state index in [1.165, 1.54) is 0 Å². The molecule has 0 bridgehead atoms. The fourth-order valence-corrected chi connectivity index (χ4v) is 2.18. The number of nitrogens with two attached hydrogens (primary N) is 1. The Morgan fingerprint density at radius 2 is 1.83 bits per heavy atom. The average Bonchev–Trinajstić information content (AvgIpc) is 2.49. The molecule has 0 aliphatic carbocycles. The van der Waals surface area contributed by atoms with Crippen LogP contribution in [-0.4, -0.2) is 17.2 Å². The first-order chi connectivity index (χ1) is 10.8. The molecule has 7 nitrogen and oxygen atoms in total. The van der Waals surface area contributed by atoms with Gasteiger partial charge in [0.1, 0.15) is 5.69 Å². The molecule has 122 valence electrons. The third kappa shape index (κ3) is 3.68. The van der Waals surface area contributed by atoms with Crippen molar-refractivity contribution in [2.24, 2.45) is 0 Å². The molecule has 4 N–H and O–H groups in total. The molecule has 0 saturated heterocycles. The molecule has 0 amide bonds. The van der Waals surface area contributed by atoms with Crippen LogP contribution >= 0.6 is 0 Å². The Morgan fingerprint density at radius 1 is 1.22 bits per heavy atom. The minimum Gasteiger partial charge on any atom is -0.485 e. The summed E-state index contributed by atoms with van der Waals surface area (Å²) in [4.78, 5) is 34.4. The number of carboxylic acids is 1. The van der Waals surface area contributed by atoms with Gasteiger partial charge in [-0.15, -0.1) is 0 Å². The summed E-state index contributed by atoms with van der Waals surface area (Å²) in [6.07, 6.45) is -0.530. The molecule has 0 aliphatic heterocycles. The van der Waals surface area contributed by atoms with Crippen LogP contribution in [-0.2, 0) is 4.79 Å². The molecule has 2 aromatic rings. The zero-order valence-corrected chi connectivity index (χ0v) is 12.8. The molecule has 0 aliphatic rings. The van der Waals surface area contributed by atoms with Crippen molar-refractivity contribution in [3.63, 3.8) is 0 Å². The minimum atomic E-state index is -1.04. The van der Waals surface area contributed by atoms with Gasteiger partial charge in [0.15, 0.2) is 5.75 Å². The lowest BCUT2D eigenvalue weighted by atomic mass is 10.0. The summed E-state index contributed by atoms with van der Waals surface area (Å²) in [6.45, 7) is 3.46. The normalized spacial score (nSPS) is 12.3. The zero-order chi connectivity index (χ0) is 17.1. The number of aliphatic carboxylic acids is 1. The summed E-state index contributed by atoms with van der Waals surface area (Å²) in [5.74, 6) is -1.08. The number of ether oxygens (including phenoxy) is 1. The van der Waals surface area contributed by atoms with Crippen molar-refractivity contribution in [2.75, 3.05) is 11.1 Å². The summed E-state index contributed by atoms with van der Waals surface area (Å²) in [5.41, 5.74) is 5.42. The summed E-state index contributed by atoms with van der Waals surface area (Å²) < 4.78 is 5.32. The van der Waals surface area contributed by atoms with Crippen molar-refractivity contribution in [3.8, 4) is 5.75 Å². The van der Waals surface area contributed by atoms with E-state index < -0.39 is 22.9 Å². The fourth-order valence-electron chi connectivity index (χ4n) is 2.18. The quantitative estimate of drug-likeness (QED) is 0.519. The lowest BCUT2D eigenvalue weighted by Crippen LogP contribution is -2.38. The maximum atomic E-state index is 11.7. The Morgan fingerprint density at radius 3 is 2.35 bits per heavy atom. The highest BCUT2D eigenvalue weighted by atomic mass is 16.5. The Balaban J connectivity index is 2.30. The van der Waals surface area contributed by atoms with Crippen LogP contribution in [0.1, 0.15) is 31.9 Å². The van der Waals surface area contributed by atoms with Gasteiger partial charge >= 0.3 is 5.97 Å². The highest BCUT2D eigenvalue weighted by Crippen LogP contribution is 2.27. The Labute approximate surface area is 132 Å². The molecule has 23 heavy (non-hydrogen) atoms. The number of carboxylic acid groups (broad SMARTS) is 1. The van der Waals surface area contributed by atoms with Crippen LogP contribution in [0.2, 0.25) is 0 Å². The number of nitrogen functional groups attached to an aromatic ring is 1. The topological polar surface area (TPSA) is 119 Å². The monoisotopic (exact) mass is 318 g/mol. The second-order valence-corrected chi connectivity index (χ2v) is 5.49.